The van der Waals surface area contributed by atoms with Gasteiger partial charge in [0.2, 0.25) is 0 Å². The summed E-state index contributed by atoms with van der Waals surface area (Å²) in [5.74, 6) is -2.85. The number of aromatic nitrogens is 2. The highest BCUT2D eigenvalue weighted by atomic mass is 19.3. The number of rotatable bonds is 6. The molecule has 2 N–H and O–H groups in total. The van der Waals surface area contributed by atoms with Crippen LogP contribution in [-0.2, 0) is 11.3 Å². The normalized spacial score (nSPS) is 23.4. The number of hydrogen-bond donors (Lipinski definition) is 2. The van der Waals surface area contributed by atoms with E-state index >= 15 is 0 Å². The molecule has 4 heterocycles. The second-order valence-corrected chi connectivity index (χ2v) is 10.3. The molecule has 0 aliphatic carbocycles. The Morgan fingerprint density at radius 1 is 1.21 bits per heavy atom. The van der Waals surface area contributed by atoms with Gasteiger partial charge in [0.05, 0.1) is 42.1 Å². The van der Waals surface area contributed by atoms with E-state index in [1.165, 1.54) is 0 Å². The van der Waals surface area contributed by atoms with Crippen LogP contribution in [0.25, 0.3) is 10.9 Å². The topological polar surface area (TPSA) is 97.5 Å². The lowest BCUT2D eigenvalue weighted by Gasteiger charge is -2.42. The van der Waals surface area contributed by atoms with E-state index < -0.39 is 12.0 Å². The summed E-state index contributed by atoms with van der Waals surface area (Å²) in [6.07, 6.45) is 1.18. The van der Waals surface area contributed by atoms with Crippen LogP contribution in [0.3, 0.4) is 0 Å². The Labute approximate surface area is 220 Å². The van der Waals surface area contributed by atoms with E-state index in [0.717, 1.165) is 11.1 Å². The first-order valence-electron chi connectivity index (χ1n) is 12.9. The molecule has 38 heavy (non-hydrogen) atoms. The molecular formula is C28H32F2N6O2. The summed E-state index contributed by atoms with van der Waals surface area (Å²) in [7, 11) is 0. The van der Waals surface area contributed by atoms with Crippen molar-refractivity contribution in [1.29, 1.82) is 5.26 Å². The Bertz CT molecular complexity index is 1350. The standard InChI is InChI=1S/C28H32F2N6O2/c1-18-8-23(9-21(16-37)34-18)36-14-22(10-28(29,30)17-36)33-12-24-15-35(13-19(2)38-24)26-6-5-20(11-31)27-25(26)4-3-7-32-27/h3-9,19,22,24,33,37H,10,12-17H2,1-2H3/t19-,22?,24+/m1/s1. The van der Waals surface area contributed by atoms with Gasteiger partial charge in [-0.05, 0) is 50.2 Å². The molecule has 2 fully saturated rings. The number of halogens is 2. The van der Waals surface area contributed by atoms with Crippen LogP contribution in [0.2, 0.25) is 0 Å². The SMILES string of the molecule is Cc1cc(N2CC(NC[C@H]3CN(c4ccc(C#N)c5ncccc45)C[C@@H](C)O3)CC(F)(F)C2)cc(CO)n1. The van der Waals surface area contributed by atoms with Gasteiger partial charge in [0.25, 0.3) is 5.92 Å². The monoisotopic (exact) mass is 522 g/mol. The largest absolute Gasteiger partial charge is 0.390 e. The fourth-order valence-corrected chi connectivity index (χ4v) is 5.59. The number of aliphatic hydroxyl groups excluding tert-OH is 1. The number of morpholine rings is 1. The van der Waals surface area contributed by atoms with E-state index in [4.69, 9.17) is 4.74 Å². The number of nitrogens with zero attached hydrogens (tertiary/aromatic N) is 5. The van der Waals surface area contributed by atoms with Gasteiger partial charge in [-0.25, -0.2) is 8.78 Å². The van der Waals surface area contributed by atoms with Crippen molar-refractivity contribution in [2.75, 3.05) is 42.5 Å². The van der Waals surface area contributed by atoms with E-state index in [0.29, 0.717) is 54.3 Å². The van der Waals surface area contributed by atoms with E-state index in [2.05, 4.69) is 26.3 Å². The second kappa shape index (κ2) is 10.8. The van der Waals surface area contributed by atoms with Crippen LogP contribution < -0.4 is 15.1 Å². The predicted molar refractivity (Wildman–Crippen MR) is 141 cm³/mol. The second-order valence-electron chi connectivity index (χ2n) is 10.3. The van der Waals surface area contributed by atoms with Crippen molar-refractivity contribution in [1.82, 2.24) is 15.3 Å². The molecule has 2 aliphatic rings. The lowest BCUT2D eigenvalue weighted by atomic mass is 10.0. The molecule has 200 valence electrons. The third-order valence-electron chi connectivity index (χ3n) is 7.09. The fraction of sp³-hybridized carbons (Fsp3) is 0.464. The van der Waals surface area contributed by atoms with Crippen molar-refractivity contribution in [3.05, 3.63) is 59.5 Å². The van der Waals surface area contributed by atoms with Crippen molar-refractivity contribution in [3.8, 4) is 6.07 Å². The maximum Gasteiger partial charge on any atom is 0.266 e. The molecule has 10 heteroatoms. The maximum absolute atomic E-state index is 14.8. The van der Waals surface area contributed by atoms with Crippen LogP contribution in [0.5, 0.6) is 0 Å². The number of aliphatic hydroxyl groups is 1. The van der Waals surface area contributed by atoms with Gasteiger partial charge in [-0.3, -0.25) is 9.97 Å². The lowest BCUT2D eigenvalue weighted by Crippen LogP contribution is -2.57. The molecule has 0 spiro atoms. The zero-order valence-electron chi connectivity index (χ0n) is 21.6. The fourth-order valence-electron chi connectivity index (χ4n) is 5.59. The molecule has 2 aromatic heterocycles. The summed E-state index contributed by atoms with van der Waals surface area (Å²) in [6.45, 7) is 5.30. The van der Waals surface area contributed by atoms with Crippen LogP contribution in [0, 0.1) is 18.3 Å². The maximum atomic E-state index is 14.8. The third kappa shape index (κ3) is 5.70. The highest BCUT2D eigenvalue weighted by Gasteiger charge is 2.41. The van der Waals surface area contributed by atoms with E-state index in [1.807, 2.05) is 25.1 Å². The molecule has 0 saturated carbocycles. The summed E-state index contributed by atoms with van der Waals surface area (Å²) >= 11 is 0. The highest BCUT2D eigenvalue weighted by molar-refractivity contribution is 5.95. The number of pyridine rings is 2. The van der Waals surface area contributed by atoms with E-state index in [1.54, 1.807) is 36.2 Å². The summed E-state index contributed by atoms with van der Waals surface area (Å²) in [6, 6.07) is 12.8. The molecule has 1 unspecified atom stereocenters. The average molecular weight is 523 g/mol. The molecule has 8 nitrogen and oxygen atoms in total. The van der Waals surface area contributed by atoms with Crippen LogP contribution in [0.4, 0.5) is 20.2 Å². The summed E-state index contributed by atoms with van der Waals surface area (Å²) in [5.41, 5.74) is 3.97. The van der Waals surface area contributed by atoms with Gasteiger partial charge in [-0.1, -0.05) is 0 Å². The zero-order valence-corrected chi connectivity index (χ0v) is 21.6. The van der Waals surface area contributed by atoms with Crippen molar-refractivity contribution in [3.63, 3.8) is 0 Å². The van der Waals surface area contributed by atoms with E-state index in [9.17, 15) is 19.1 Å². The summed E-state index contributed by atoms with van der Waals surface area (Å²) in [5, 5.41) is 23.2. The van der Waals surface area contributed by atoms with Crippen LogP contribution in [0.1, 0.15) is 30.3 Å². The number of alkyl halides is 2. The van der Waals surface area contributed by atoms with Crippen LogP contribution >= 0.6 is 0 Å². The number of nitriles is 1. The van der Waals surface area contributed by atoms with Gasteiger partial charge in [-0.15, -0.1) is 0 Å². The van der Waals surface area contributed by atoms with Crippen LogP contribution in [-0.4, -0.2) is 72.0 Å². The minimum Gasteiger partial charge on any atom is -0.390 e. The Balaban J connectivity index is 1.29. The van der Waals surface area contributed by atoms with Gasteiger partial charge in [0.1, 0.15) is 6.07 Å². The van der Waals surface area contributed by atoms with Gasteiger partial charge < -0.3 is 25.0 Å². The highest BCUT2D eigenvalue weighted by Crippen LogP contribution is 2.32. The minimum absolute atomic E-state index is 0.0566. The molecule has 0 amide bonds. The summed E-state index contributed by atoms with van der Waals surface area (Å²) < 4.78 is 35.7. The molecule has 0 radical (unpaired) electrons. The first-order valence-corrected chi connectivity index (χ1v) is 12.9. The number of piperidine rings is 1. The third-order valence-corrected chi connectivity index (χ3v) is 7.09. The van der Waals surface area contributed by atoms with E-state index in [-0.39, 0.29) is 31.8 Å². The molecule has 3 atom stereocenters. The molecule has 5 rings (SSSR count). The molecule has 2 saturated heterocycles. The molecule has 0 bridgehead atoms. The van der Waals surface area contributed by atoms with Gasteiger partial charge in [-0.2, -0.15) is 5.26 Å². The Hall–Kier alpha value is -3.39. The van der Waals surface area contributed by atoms with Gasteiger partial charge >= 0.3 is 0 Å². The quantitative estimate of drug-likeness (QED) is 0.509. The van der Waals surface area contributed by atoms with Crippen molar-refractivity contribution in [2.24, 2.45) is 0 Å². The Morgan fingerprint density at radius 2 is 2.05 bits per heavy atom. The average Bonchev–Trinajstić information content (AvgIpc) is 2.89. The first kappa shape index (κ1) is 26.2. The van der Waals surface area contributed by atoms with Gasteiger partial charge in [0.15, 0.2) is 0 Å². The lowest BCUT2D eigenvalue weighted by molar-refractivity contribution is -0.0330. The Morgan fingerprint density at radius 3 is 2.84 bits per heavy atom. The number of hydrogen-bond acceptors (Lipinski definition) is 8. The Kier molecular flexibility index (Phi) is 7.43. The summed E-state index contributed by atoms with van der Waals surface area (Å²) in [4.78, 5) is 12.6. The molecule has 1 aromatic carbocycles. The molecular weight excluding hydrogens is 490 g/mol. The number of benzene rings is 1. The zero-order chi connectivity index (χ0) is 26.9. The number of ether oxygens (including phenoxy) is 1. The number of nitrogens with one attached hydrogen (secondary N) is 1. The predicted octanol–water partition coefficient (Wildman–Crippen LogP) is 3.40. The molecule has 2 aliphatic heterocycles. The smallest absolute Gasteiger partial charge is 0.266 e. The van der Waals surface area contributed by atoms with Crippen molar-refractivity contribution < 1.29 is 18.6 Å². The number of aryl methyl sites for hydroxylation is 1. The molecule has 3 aromatic rings. The van der Waals surface area contributed by atoms with Crippen molar-refractivity contribution >= 4 is 22.3 Å². The minimum atomic E-state index is -2.85. The van der Waals surface area contributed by atoms with Crippen molar-refractivity contribution in [2.45, 2.75) is 51.0 Å². The van der Waals surface area contributed by atoms with Gasteiger partial charge in [0, 0.05) is 67.3 Å². The number of fused-ring (bicyclic) bond motifs is 1. The first-order chi connectivity index (χ1) is 18.2. The number of anilines is 2. The van der Waals surface area contributed by atoms with Crippen LogP contribution in [0.15, 0.2) is 42.6 Å².